The summed E-state index contributed by atoms with van der Waals surface area (Å²) in [6.45, 7) is 0. The van der Waals surface area contributed by atoms with E-state index in [0.29, 0.717) is 0 Å². The van der Waals surface area contributed by atoms with Gasteiger partial charge in [-0.3, -0.25) is 10.1 Å². The van der Waals surface area contributed by atoms with Crippen LogP contribution in [0.15, 0.2) is 24.3 Å². The average Bonchev–Trinajstić information content (AvgIpc) is 2.65. The van der Waals surface area contributed by atoms with Gasteiger partial charge in [-0.05, 0) is 12.0 Å². The van der Waals surface area contributed by atoms with Crippen molar-refractivity contribution >= 4 is 5.69 Å². The van der Waals surface area contributed by atoms with Gasteiger partial charge in [-0.15, -0.1) is 0 Å². The number of non-ortho nitro benzene ring substituents is 1. The first-order valence-corrected chi connectivity index (χ1v) is 4.68. The molecule has 2 rings (SSSR count). The van der Waals surface area contributed by atoms with Gasteiger partial charge < -0.3 is 5.73 Å². The van der Waals surface area contributed by atoms with E-state index in [2.05, 4.69) is 10.9 Å². The lowest BCUT2D eigenvalue weighted by Crippen LogP contribution is -2.36. The number of nitro groups is 1. The Morgan fingerprint density at radius 1 is 1.33 bits per heavy atom. The summed E-state index contributed by atoms with van der Waals surface area (Å²) in [6.07, 6.45) is 0.711. The Morgan fingerprint density at radius 3 is 2.47 bits per heavy atom. The molecule has 2 atom stereocenters. The Hall–Kier alpha value is -1.50. The lowest BCUT2D eigenvalue weighted by atomic mass is 10.0. The van der Waals surface area contributed by atoms with Gasteiger partial charge in [0, 0.05) is 18.2 Å². The van der Waals surface area contributed by atoms with Crippen LogP contribution < -0.4 is 16.6 Å². The topological polar surface area (TPSA) is 93.2 Å². The van der Waals surface area contributed by atoms with Gasteiger partial charge >= 0.3 is 0 Å². The SMILES string of the molecule is NC1CC(c2ccc([N+](=O)[O-])cc2)NN1. The van der Waals surface area contributed by atoms with Crippen molar-refractivity contribution in [2.75, 3.05) is 0 Å². The molecule has 1 fully saturated rings. The molecular formula is C9H12N4O2. The smallest absolute Gasteiger partial charge is 0.269 e. The summed E-state index contributed by atoms with van der Waals surface area (Å²) < 4.78 is 0. The van der Waals surface area contributed by atoms with Gasteiger partial charge in [0.15, 0.2) is 0 Å². The first-order chi connectivity index (χ1) is 7.16. The molecule has 1 saturated heterocycles. The Balaban J connectivity index is 2.13. The van der Waals surface area contributed by atoms with Crippen molar-refractivity contribution in [2.24, 2.45) is 5.73 Å². The average molecular weight is 208 g/mol. The molecule has 80 valence electrons. The van der Waals surface area contributed by atoms with Crippen molar-refractivity contribution in [2.45, 2.75) is 18.6 Å². The number of benzene rings is 1. The van der Waals surface area contributed by atoms with E-state index in [1.165, 1.54) is 12.1 Å². The van der Waals surface area contributed by atoms with Gasteiger partial charge in [0.05, 0.1) is 11.1 Å². The fourth-order valence-corrected chi connectivity index (χ4v) is 1.63. The summed E-state index contributed by atoms with van der Waals surface area (Å²) in [5, 5.41) is 10.4. The molecule has 1 aromatic carbocycles. The number of nitrogens with one attached hydrogen (secondary N) is 2. The summed E-state index contributed by atoms with van der Waals surface area (Å²) in [5.74, 6) is 0. The lowest BCUT2D eigenvalue weighted by molar-refractivity contribution is -0.384. The highest BCUT2D eigenvalue weighted by Gasteiger charge is 2.22. The number of rotatable bonds is 2. The van der Waals surface area contributed by atoms with Crippen LogP contribution >= 0.6 is 0 Å². The van der Waals surface area contributed by atoms with E-state index < -0.39 is 4.92 Å². The highest BCUT2D eigenvalue weighted by Crippen LogP contribution is 2.22. The highest BCUT2D eigenvalue weighted by atomic mass is 16.6. The molecular weight excluding hydrogens is 196 g/mol. The van der Waals surface area contributed by atoms with Crippen molar-refractivity contribution in [3.8, 4) is 0 Å². The zero-order valence-corrected chi connectivity index (χ0v) is 8.01. The predicted octanol–water partition coefficient (Wildman–Crippen LogP) is 0.419. The fourth-order valence-electron chi connectivity index (χ4n) is 1.63. The van der Waals surface area contributed by atoms with Gasteiger partial charge in [0.2, 0.25) is 0 Å². The third-order valence-corrected chi connectivity index (χ3v) is 2.44. The van der Waals surface area contributed by atoms with Crippen LogP contribution in [0.2, 0.25) is 0 Å². The van der Waals surface area contributed by atoms with Crippen molar-refractivity contribution in [1.82, 2.24) is 10.9 Å². The summed E-state index contributed by atoms with van der Waals surface area (Å²) in [6, 6.07) is 6.62. The molecule has 0 aromatic heterocycles. The van der Waals surface area contributed by atoms with Crippen molar-refractivity contribution in [1.29, 1.82) is 0 Å². The fraction of sp³-hybridized carbons (Fsp3) is 0.333. The molecule has 0 spiro atoms. The van der Waals surface area contributed by atoms with E-state index >= 15 is 0 Å². The van der Waals surface area contributed by atoms with Crippen LogP contribution in [-0.2, 0) is 0 Å². The van der Waals surface area contributed by atoms with E-state index in [4.69, 9.17) is 5.73 Å². The van der Waals surface area contributed by atoms with Crippen molar-refractivity contribution in [3.05, 3.63) is 39.9 Å². The summed E-state index contributed by atoms with van der Waals surface area (Å²) in [7, 11) is 0. The number of hydrogen-bond donors (Lipinski definition) is 3. The third kappa shape index (κ3) is 2.12. The Kier molecular flexibility index (Phi) is 2.63. The first-order valence-electron chi connectivity index (χ1n) is 4.68. The van der Waals surface area contributed by atoms with Crippen LogP contribution in [0.5, 0.6) is 0 Å². The zero-order valence-electron chi connectivity index (χ0n) is 8.01. The van der Waals surface area contributed by atoms with Gasteiger partial charge in [-0.2, -0.15) is 0 Å². The Bertz CT molecular complexity index is 365. The minimum absolute atomic E-state index is 0.0646. The first kappa shape index (κ1) is 10.0. The van der Waals surface area contributed by atoms with Crippen LogP contribution in [0.1, 0.15) is 18.0 Å². The molecule has 0 saturated carbocycles. The number of hydrogen-bond acceptors (Lipinski definition) is 5. The standard InChI is InChI=1S/C9H12N4O2/c10-9-5-8(11-12-9)6-1-3-7(4-2-6)13(14)15/h1-4,8-9,11-12H,5,10H2. The van der Waals surface area contributed by atoms with Gasteiger partial charge in [0.25, 0.3) is 5.69 Å². The number of hydrazine groups is 1. The maximum absolute atomic E-state index is 10.4. The summed E-state index contributed by atoms with van der Waals surface area (Å²) >= 11 is 0. The Labute approximate surface area is 86.6 Å². The molecule has 1 aromatic rings. The molecule has 6 heteroatoms. The van der Waals surface area contributed by atoms with Crippen molar-refractivity contribution < 1.29 is 4.92 Å². The summed E-state index contributed by atoms with van der Waals surface area (Å²) in [5.41, 5.74) is 12.7. The molecule has 1 heterocycles. The minimum atomic E-state index is -0.407. The lowest BCUT2D eigenvalue weighted by Gasteiger charge is -2.08. The number of nitrogens with two attached hydrogens (primary N) is 1. The monoisotopic (exact) mass is 208 g/mol. The van der Waals surface area contributed by atoms with Gasteiger partial charge in [0.1, 0.15) is 0 Å². The number of nitro benzene ring substituents is 1. The summed E-state index contributed by atoms with van der Waals surface area (Å²) in [4.78, 5) is 10.0. The van der Waals surface area contributed by atoms with Gasteiger partial charge in [-0.25, -0.2) is 10.9 Å². The normalized spacial score (nSPS) is 25.4. The molecule has 1 aliphatic rings. The van der Waals surface area contributed by atoms with Crippen LogP contribution in [0.4, 0.5) is 5.69 Å². The predicted molar refractivity (Wildman–Crippen MR) is 54.7 cm³/mol. The molecule has 1 aliphatic heterocycles. The minimum Gasteiger partial charge on any atom is -0.315 e. The molecule has 2 unspecified atom stereocenters. The van der Waals surface area contributed by atoms with Crippen LogP contribution in [0.25, 0.3) is 0 Å². The van der Waals surface area contributed by atoms with Gasteiger partial charge in [-0.1, -0.05) is 12.1 Å². The third-order valence-electron chi connectivity index (χ3n) is 2.44. The molecule has 0 bridgehead atoms. The molecule has 0 aliphatic carbocycles. The second kappa shape index (κ2) is 3.93. The highest BCUT2D eigenvalue weighted by molar-refractivity contribution is 5.34. The largest absolute Gasteiger partial charge is 0.315 e. The van der Waals surface area contributed by atoms with Crippen molar-refractivity contribution in [3.63, 3.8) is 0 Å². The molecule has 0 amide bonds. The zero-order chi connectivity index (χ0) is 10.8. The molecule has 15 heavy (non-hydrogen) atoms. The molecule has 4 N–H and O–H groups in total. The Morgan fingerprint density at radius 2 is 2.00 bits per heavy atom. The van der Waals surface area contributed by atoms with Crippen LogP contribution in [0, 0.1) is 10.1 Å². The maximum Gasteiger partial charge on any atom is 0.269 e. The van der Waals surface area contributed by atoms with E-state index in [1.807, 2.05) is 0 Å². The van der Waals surface area contributed by atoms with Crippen LogP contribution in [0.3, 0.4) is 0 Å². The van der Waals surface area contributed by atoms with E-state index in [-0.39, 0.29) is 17.9 Å². The van der Waals surface area contributed by atoms with E-state index in [1.54, 1.807) is 12.1 Å². The molecule has 6 nitrogen and oxygen atoms in total. The van der Waals surface area contributed by atoms with Crippen LogP contribution in [-0.4, -0.2) is 11.1 Å². The second-order valence-corrected chi connectivity index (χ2v) is 3.53. The van der Waals surface area contributed by atoms with E-state index in [9.17, 15) is 10.1 Å². The maximum atomic E-state index is 10.4. The quantitative estimate of drug-likeness (QED) is 0.483. The second-order valence-electron chi connectivity index (χ2n) is 3.53. The van der Waals surface area contributed by atoms with E-state index in [0.717, 1.165) is 12.0 Å². The molecule has 0 radical (unpaired) electrons. The number of nitrogens with zero attached hydrogens (tertiary/aromatic N) is 1.